The van der Waals surface area contributed by atoms with E-state index in [-0.39, 0.29) is 6.42 Å². The highest BCUT2D eigenvalue weighted by atomic mass is 35.5. The first kappa shape index (κ1) is 11.0. The van der Waals surface area contributed by atoms with Crippen molar-refractivity contribution in [2.45, 2.75) is 12.8 Å². The van der Waals surface area contributed by atoms with E-state index in [2.05, 4.69) is 4.98 Å². The van der Waals surface area contributed by atoms with Crippen LogP contribution < -0.4 is 0 Å². The van der Waals surface area contributed by atoms with Crippen LogP contribution in [0.3, 0.4) is 0 Å². The first-order valence-corrected chi connectivity index (χ1v) is 5.28. The summed E-state index contributed by atoms with van der Waals surface area (Å²) in [7, 11) is 1.84. The third-order valence-corrected chi connectivity index (χ3v) is 2.86. The van der Waals surface area contributed by atoms with E-state index in [4.69, 9.17) is 16.7 Å². The Balaban J connectivity index is 2.33. The molecule has 0 spiro atoms. The number of carboxylic acids is 1. The van der Waals surface area contributed by atoms with E-state index in [0.29, 0.717) is 11.7 Å². The zero-order chi connectivity index (χ0) is 11.7. The fourth-order valence-electron chi connectivity index (χ4n) is 1.62. The number of aryl methyl sites for hydroxylation is 2. The van der Waals surface area contributed by atoms with Crippen LogP contribution in [0, 0.1) is 0 Å². The Morgan fingerprint density at radius 3 is 3.00 bits per heavy atom. The second-order valence-corrected chi connectivity index (χ2v) is 3.99. The van der Waals surface area contributed by atoms with Crippen molar-refractivity contribution in [2.24, 2.45) is 7.05 Å². The number of benzene rings is 1. The summed E-state index contributed by atoms with van der Waals surface area (Å²) in [6.07, 6.45) is 0.644. The van der Waals surface area contributed by atoms with Crippen LogP contribution in [0.1, 0.15) is 12.0 Å². The monoisotopic (exact) mass is 238 g/mol. The Morgan fingerprint density at radius 1 is 1.56 bits per heavy atom. The predicted octanol–water partition coefficient (Wildman–Crippen LogP) is 2.24. The number of fused-ring (bicyclic) bond motifs is 1. The van der Waals surface area contributed by atoms with Crippen LogP contribution in [0.4, 0.5) is 0 Å². The molecule has 1 N–H and O–H groups in total. The standard InChI is InChI=1S/C11H11ClN2O2/c1-14-9-4-2-7(3-5-10(15)16)6-8(9)13-11(14)12/h2,4,6H,3,5H2,1H3,(H,15,16). The number of aliphatic carboxylic acids is 1. The molecule has 0 saturated carbocycles. The van der Waals surface area contributed by atoms with E-state index in [9.17, 15) is 4.79 Å². The summed E-state index contributed by atoms with van der Waals surface area (Å²) in [6.45, 7) is 0. The highest BCUT2D eigenvalue weighted by Crippen LogP contribution is 2.20. The number of carbonyl (C=O) groups is 1. The molecule has 0 bridgehead atoms. The number of hydrogen-bond donors (Lipinski definition) is 1. The topological polar surface area (TPSA) is 55.1 Å². The highest BCUT2D eigenvalue weighted by molar-refractivity contribution is 6.29. The van der Waals surface area contributed by atoms with E-state index in [1.807, 2.05) is 25.2 Å². The maximum atomic E-state index is 10.5. The van der Waals surface area contributed by atoms with Crippen molar-refractivity contribution < 1.29 is 9.90 Å². The minimum absolute atomic E-state index is 0.131. The molecule has 4 nitrogen and oxygen atoms in total. The van der Waals surface area contributed by atoms with Crippen molar-refractivity contribution >= 4 is 28.6 Å². The van der Waals surface area contributed by atoms with Crippen molar-refractivity contribution in [3.63, 3.8) is 0 Å². The molecule has 16 heavy (non-hydrogen) atoms. The van der Waals surface area contributed by atoms with Gasteiger partial charge >= 0.3 is 5.97 Å². The second kappa shape index (κ2) is 4.14. The van der Waals surface area contributed by atoms with Gasteiger partial charge in [-0.15, -0.1) is 0 Å². The minimum atomic E-state index is -0.792. The minimum Gasteiger partial charge on any atom is -0.481 e. The first-order valence-electron chi connectivity index (χ1n) is 4.90. The average molecular weight is 239 g/mol. The number of carboxylic acid groups (broad SMARTS) is 1. The van der Waals surface area contributed by atoms with Gasteiger partial charge in [0.25, 0.3) is 0 Å². The van der Waals surface area contributed by atoms with E-state index < -0.39 is 5.97 Å². The molecule has 2 rings (SSSR count). The Morgan fingerprint density at radius 2 is 2.31 bits per heavy atom. The van der Waals surface area contributed by atoms with Crippen molar-refractivity contribution in [1.82, 2.24) is 9.55 Å². The summed E-state index contributed by atoms with van der Waals surface area (Å²) in [5.41, 5.74) is 2.71. The fourth-order valence-corrected chi connectivity index (χ4v) is 1.80. The molecule has 2 aromatic rings. The lowest BCUT2D eigenvalue weighted by Gasteiger charge is -1.99. The van der Waals surface area contributed by atoms with Gasteiger partial charge in [-0.1, -0.05) is 6.07 Å². The number of aromatic nitrogens is 2. The summed E-state index contributed by atoms with van der Waals surface area (Å²) in [4.78, 5) is 14.6. The lowest BCUT2D eigenvalue weighted by atomic mass is 10.1. The summed E-state index contributed by atoms with van der Waals surface area (Å²) >= 11 is 5.89. The summed E-state index contributed by atoms with van der Waals surface area (Å²) in [6, 6.07) is 5.69. The third-order valence-electron chi connectivity index (χ3n) is 2.52. The zero-order valence-corrected chi connectivity index (χ0v) is 9.53. The van der Waals surface area contributed by atoms with Gasteiger partial charge in [0.1, 0.15) is 0 Å². The second-order valence-electron chi connectivity index (χ2n) is 3.66. The van der Waals surface area contributed by atoms with E-state index >= 15 is 0 Å². The lowest BCUT2D eigenvalue weighted by Crippen LogP contribution is -1.97. The molecule has 0 saturated heterocycles. The molecule has 1 aromatic heterocycles. The summed E-state index contributed by atoms with van der Waals surface area (Å²) < 4.78 is 1.79. The summed E-state index contributed by atoms with van der Waals surface area (Å²) in [5.74, 6) is -0.792. The molecule has 0 aliphatic heterocycles. The van der Waals surface area contributed by atoms with Gasteiger partial charge in [0, 0.05) is 13.5 Å². The number of rotatable bonds is 3. The molecule has 1 heterocycles. The maximum absolute atomic E-state index is 10.5. The van der Waals surface area contributed by atoms with Crippen molar-refractivity contribution in [2.75, 3.05) is 0 Å². The largest absolute Gasteiger partial charge is 0.481 e. The van der Waals surface area contributed by atoms with Crippen LogP contribution in [-0.2, 0) is 18.3 Å². The quantitative estimate of drug-likeness (QED) is 0.892. The SMILES string of the molecule is Cn1c(Cl)nc2cc(CCC(=O)O)ccc21. The molecule has 0 aliphatic carbocycles. The number of hydrogen-bond acceptors (Lipinski definition) is 2. The molecule has 0 radical (unpaired) electrons. The molecule has 0 atom stereocenters. The van der Waals surface area contributed by atoms with Gasteiger partial charge in [-0.25, -0.2) is 4.98 Å². The predicted molar refractivity (Wildman–Crippen MR) is 61.7 cm³/mol. The molecule has 0 aliphatic rings. The number of halogens is 1. The molecular formula is C11H11ClN2O2. The van der Waals surface area contributed by atoms with Gasteiger partial charge in [-0.3, -0.25) is 4.79 Å². The molecule has 1 aromatic carbocycles. The van der Waals surface area contributed by atoms with Gasteiger partial charge in [0.15, 0.2) is 0 Å². The smallest absolute Gasteiger partial charge is 0.303 e. The third kappa shape index (κ3) is 2.02. The van der Waals surface area contributed by atoms with Crippen LogP contribution in [-0.4, -0.2) is 20.6 Å². The Labute approximate surface area is 97.5 Å². The van der Waals surface area contributed by atoms with Crippen molar-refractivity contribution in [1.29, 1.82) is 0 Å². The zero-order valence-electron chi connectivity index (χ0n) is 8.77. The molecule has 84 valence electrons. The molecule has 0 unspecified atom stereocenters. The van der Waals surface area contributed by atoms with Crippen LogP contribution in [0.25, 0.3) is 11.0 Å². The van der Waals surface area contributed by atoms with Gasteiger partial charge in [-0.05, 0) is 35.7 Å². The number of imidazole rings is 1. The van der Waals surface area contributed by atoms with Gasteiger partial charge in [0.2, 0.25) is 5.28 Å². The summed E-state index contributed by atoms with van der Waals surface area (Å²) in [5, 5.41) is 9.03. The number of nitrogens with zero attached hydrogens (tertiary/aromatic N) is 2. The molecule has 0 fully saturated rings. The maximum Gasteiger partial charge on any atom is 0.303 e. The van der Waals surface area contributed by atoms with E-state index in [0.717, 1.165) is 16.6 Å². The van der Waals surface area contributed by atoms with Crippen LogP contribution in [0.5, 0.6) is 0 Å². The van der Waals surface area contributed by atoms with Gasteiger partial charge < -0.3 is 9.67 Å². The Hall–Kier alpha value is -1.55. The molecule has 0 amide bonds. The fraction of sp³-hybridized carbons (Fsp3) is 0.273. The van der Waals surface area contributed by atoms with E-state index in [1.54, 1.807) is 4.57 Å². The Bertz CT molecular complexity index is 548. The van der Waals surface area contributed by atoms with Gasteiger partial charge in [-0.2, -0.15) is 0 Å². The van der Waals surface area contributed by atoms with Crippen LogP contribution in [0.2, 0.25) is 5.28 Å². The first-order chi connectivity index (χ1) is 7.58. The molecular weight excluding hydrogens is 228 g/mol. The Kier molecular flexibility index (Phi) is 2.83. The normalized spacial score (nSPS) is 10.9. The van der Waals surface area contributed by atoms with Crippen LogP contribution >= 0.6 is 11.6 Å². The molecule has 5 heteroatoms. The van der Waals surface area contributed by atoms with Crippen LogP contribution in [0.15, 0.2) is 18.2 Å². The lowest BCUT2D eigenvalue weighted by molar-refractivity contribution is -0.136. The average Bonchev–Trinajstić information content (AvgIpc) is 2.52. The van der Waals surface area contributed by atoms with Gasteiger partial charge in [0.05, 0.1) is 11.0 Å². The van der Waals surface area contributed by atoms with Crippen molar-refractivity contribution in [3.8, 4) is 0 Å². The highest BCUT2D eigenvalue weighted by Gasteiger charge is 2.06. The van der Waals surface area contributed by atoms with Crippen molar-refractivity contribution in [3.05, 3.63) is 29.0 Å². The van der Waals surface area contributed by atoms with E-state index in [1.165, 1.54) is 0 Å².